The molecule has 1 aliphatic carbocycles. The molecule has 2 atom stereocenters. The summed E-state index contributed by atoms with van der Waals surface area (Å²) in [7, 11) is 0. The van der Waals surface area contributed by atoms with Crippen LogP contribution in [0.4, 0.5) is 0 Å². The maximum atomic E-state index is 12.6. The number of nitrogens with one attached hydrogen (secondary N) is 1. The lowest BCUT2D eigenvalue weighted by molar-refractivity contribution is 0.0821. The molecule has 0 spiro atoms. The SMILES string of the molecule is CC(C)n1cc([C@@H]2OCC[C@H]2NC(=O)c2cnn(C3CCC3)c2)cn1. The number of nitrogens with zero attached hydrogens (tertiary/aromatic N) is 4. The van der Waals surface area contributed by atoms with E-state index >= 15 is 0 Å². The third-order valence-corrected chi connectivity index (χ3v) is 5.20. The zero-order valence-electron chi connectivity index (χ0n) is 14.8. The third kappa shape index (κ3) is 3.20. The number of aromatic nitrogens is 4. The monoisotopic (exact) mass is 343 g/mol. The fourth-order valence-corrected chi connectivity index (χ4v) is 3.41. The molecule has 2 aliphatic rings. The van der Waals surface area contributed by atoms with Crippen LogP contribution in [0.5, 0.6) is 0 Å². The van der Waals surface area contributed by atoms with Crippen molar-refractivity contribution in [3.8, 4) is 0 Å². The van der Waals surface area contributed by atoms with Crippen LogP contribution in [0.3, 0.4) is 0 Å². The molecule has 1 amide bonds. The first-order valence-corrected chi connectivity index (χ1v) is 9.12. The van der Waals surface area contributed by atoms with Crippen LogP contribution < -0.4 is 5.32 Å². The average molecular weight is 343 g/mol. The second kappa shape index (κ2) is 6.63. The van der Waals surface area contributed by atoms with Crippen LogP contribution >= 0.6 is 0 Å². The van der Waals surface area contributed by atoms with Gasteiger partial charge in [-0.3, -0.25) is 14.2 Å². The molecule has 0 unspecified atom stereocenters. The van der Waals surface area contributed by atoms with Crippen molar-refractivity contribution in [2.24, 2.45) is 0 Å². The van der Waals surface area contributed by atoms with Crippen LogP contribution in [0.1, 0.15) is 73.6 Å². The molecule has 134 valence electrons. The van der Waals surface area contributed by atoms with E-state index in [1.54, 1.807) is 6.20 Å². The zero-order chi connectivity index (χ0) is 17.4. The molecule has 25 heavy (non-hydrogen) atoms. The highest BCUT2D eigenvalue weighted by atomic mass is 16.5. The predicted molar refractivity (Wildman–Crippen MR) is 92.3 cm³/mol. The minimum absolute atomic E-state index is 0.0376. The number of amides is 1. The highest BCUT2D eigenvalue weighted by molar-refractivity contribution is 5.93. The smallest absolute Gasteiger partial charge is 0.254 e. The molecule has 4 rings (SSSR count). The van der Waals surface area contributed by atoms with Gasteiger partial charge in [0.15, 0.2) is 0 Å². The van der Waals surface area contributed by atoms with Crippen molar-refractivity contribution in [3.05, 3.63) is 35.9 Å². The zero-order valence-corrected chi connectivity index (χ0v) is 14.8. The second-order valence-corrected chi connectivity index (χ2v) is 7.30. The van der Waals surface area contributed by atoms with Gasteiger partial charge < -0.3 is 10.1 Å². The van der Waals surface area contributed by atoms with Gasteiger partial charge in [0.2, 0.25) is 0 Å². The van der Waals surface area contributed by atoms with Crippen molar-refractivity contribution < 1.29 is 9.53 Å². The Morgan fingerprint density at radius 1 is 1.24 bits per heavy atom. The first-order chi connectivity index (χ1) is 12.1. The fraction of sp³-hybridized carbons (Fsp3) is 0.611. The molecule has 7 nitrogen and oxygen atoms in total. The molecule has 0 radical (unpaired) electrons. The molecule has 3 heterocycles. The van der Waals surface area contributed by atoms with Gasteiger partial charge in [0.25, 0.3) is 5.91 Å². The first kappa shape index (κ1) is 16.3. The number of rotatable bonds is 5. The van der Waals surface area contributed by atoms with E-state index in [2.05, 4.69) is 29.4 Å². The normalized spacial score (nSPS) is 23.8. The minimum atomic E-state index is -0.141. The lowest BCUT2D eigenvalue weighted by atomic mass is 9.93. The van der Waals surface area contributed by atoms with E-state index in [1.807, 2.05) is 28.0 Å². The van der Waals surface area contributed by atoms with E-state index in [4.69, 9.17) is 4.74 Å². The molecule has 1 N–H and O–H groups in total. The van der Waals surface area contributed by atoms with E-state index in [9.17, 15) is 4.79 Å². The van der Waals surface area contributed by atoms with Gasteiger partial charge >= 0.3 is 0 Å². The van der Waals surface area contributed by atoms with Crippen LogP contribution in [-0.4, -0.2) is 38.1 Å². The van der Waals surface area contributed by atoms with Gasteiger partial charge in [0, 0.05) is 30.6 Å². The minimum Gasteiger partial charge on any atom is -0.371 e. The number of hydrogen-bond acceptors (Lipinski definition) is 4. The van der Waals surface area contributed by atoms with Crippen LogP contribution in [0.15, 0.2) is 24.8 Å². The molecule has 1 saturated heterocycles. The predicted octanol–water partition coefficient (Wildman–Crippen LogP) is 2.65. The van der Waals surface area contributed by atoms with E-state index < -0.39 is 0 Å². The quantitative estimate of drug-likeness (QED) is 0.906. The van der Waals surface area contributed by atoms with Gasteiger partial charge in [-0.2, -0.15) is 10.2 Å². The van der Waals surface area contributed by atoms with Gasteiger partial charge in [-0.05, 0) is 39.5 Å². The number of carbonyl (C=O) groups is 1. The third-order valence-electron chi connectivity index (χ3n) is 5.20. The maximum Gasteiger partial charge on any atom is 0.254 e. The lowest BCUT2D eigenvalue weighted by Gasteiger charge is -2.25. The highest BCUT2D eigenvalue weighted by Crippen LogP contribution is 2.31. The topological polar surface area (TPSA) is 74.0 Å². The Morgan fingerprint density at radius 2 is 2.08 bits per heavy atom. The van der Waals surface area contributed by atoms with Crippen molar-refractivity contribution in [1.82, 2.24) is 24.9 Å². The molecular weight excluding hydrogens is 318 g/mol. The van der Waals surface area contributed by atoms with E-state index in [-0.39, 0.29) is 18.1 Å². The van der Waals surface area contributed by atoms with Gasteiger partial charge in [-0.15, -0.1) is 0 Å². The van der Waals surface area contributed by atoms with Gasteiger partial charge in [-0.1, -0.05) is 0 Å². The fourth-order valence-electron chi connectivity index (χ4n) is 3.41. The van der Waals surface area contributed by atoms with Crippen molar-refractivity contribution in [1.29, 1.82) is 0 Å². The summed E-state index contributed by atoms with van der Waals surface area (Å²) < 4.78 is 9.70. The van der Waals surface area contributed by atoms with E-state index in [1.165, 1.54) is 6.42 Å². The molecule has 7 heteroatoms. The molecular formula is C18H25N5O2. The molecule has 0 aromatic carbocycles. The van der Waals surface area contributed by atoms with Crippen molar-refractivity contribution in [2.45, 2.75) is 63.8 Å². The Bertz CT molecular complexity index is 746. The molecule has 0 bridgehead atoms. The Hall–Kier alpha value is -2.15. The summed E-state index contributed by atoms with van der Waals surface area (Å²) in [5.41, 5.74) is 1.64. The summed E-state index contributed by atoms with van der Waals surface area (Å²) in [6, 6.07) is 0.732. The Labute approximate surface area is 147 Å². The summed E-state index contributed by atoms with van der Waals surface area (Å²) >= 11 is 0. The summed E-state index contributed by atoms with van der Waals surface area (Å²) in [4.78, 5) is 12.6. The Balaban J connectivity index is 1.43. The average Bonchev–Trinajstić information content (AvgIpc) is 3.25. The van der Waals surface area contributed by atoms with Crippen molar-refractivity contribution in [3.63, 3.8) is 0 Å². The van der Waals surface area contributed by atoms with Gasteiger partial charge in [0.1, 0.15) is 6.10 Å². The van der Waals surface area contributed by atoms with Crippen LogP contribution in [0, 0.1) is 0 Å². The molecule has 2 fully saturated rings. The van der Waals surface area contributed by atoms with Gasteiger partial charge in [-0.25, -0.2) is 0 Å². The summed E-state index contributed by atoms with van der Waals surface area (Å²) in [6.45, 7) is 4.82. The summed E-state index contributed by atoms with van der Waals surface area (Å²) in [6.07, 6.45) is 11.6. The number of hydrogen-bond donors (Lipinski definition) is 1. The number of ether oxygens (including phenoxy) is 1. The Kier molecular flexibility index (Phi) is 4.33. The van der Waals surface area contributed by atoms with E-state index in [0.29, 0.717) is 24.3 Å². The molecule has 1 aliphatic heterocycles. The molecule has 2 aromatic rings. The standard InChI is InChI=1S/C18H25N5O2/c1-12(2)22-10-13(8-19-22)17-16(6-7-25-17)21-18(24)14-9-20-23(11-14)15-4-3-5-15/h8-12,15-17H,3-7H2,1-2H3,(H,21,24)/t16-,17+/m1/s1. The molecule has 1 saturated carbocycles. The first-order valence-electron chi connectivity index (χ1n) is 9.12. The van der Waals surface area contributed by atoms with Crippen LogP contribution in [-0.2, 0) is 4.74 Å². The second-order valence-electron chi connectivity index (χ2n) is 7.30. The number of carbonyl (C=O) groups excluding carboxylic acids is 1. The lowest BCUT2D eigenvalue weighted by Crippen LogP contribution is -2.36. The Morgan fingerprint density at radius 3 is 2.76 bits per heavy atom. The maximum absolute atomic E-state index is 12.6. The van der Waals surface area contributed by atoms with E-state index in [0.717, 1.165) is 24.8 Å². The largest absolute Gasteiger partial charge is 0.371 e. The van der Waals surface area contributed by atoms with Gasteiger partial charge in [0.05, 0.1) is 30.0 Å². The highest BCUT2D eigenvalue weighted by Gasteiger charge is 2.32. The van der Waals surface area contributed by atoms with Crippen LogP contribution in [0.25, 0.3) is 0 Å². The van der Waals surface area contributed by atoms with Crippen LogP contribution in [0.2, 0.25) is 0 Å². The summed E-state index contributed by atoms with van der Waals surface area (Å²) in [5.74, 6) is -0.0812. The van der Waals surface area contributed by atoms with Crippen molar-refractivity contribution in [2.75, 3.05) is 6.61 Å². The van der Waals surface area contributed by atoms with Crippen molar-refractivity contribution >= 4 is 5.91 Å². The molecule has 2 aromatic heterocycles. The summed E-state index contributed by atoms with van der Waals surface area (Å²) in [5, 5.41) is 11.8.